The molecule has 5 nitrogen and oxygen atoms in total. The third kappa shape index (κ3) is 3.60. The Morgan fingerprint density at radius 3 is 2.38 bits per heavy atom. The lowest BCUT2D eigenvalue weighted by Gasteiger charge is -2.14. The first-order chi connectivity index (χ1) is 11.5. The second-order valence-corrected chi connectivity index (χ2v) is 6.48. The SMILES string of the molecule is Cc1c(Cl)cccc1Nc1ncnc(Nc2ccc(Br)cc2)c1N. The number of hydrogen-bond donors (Lipinski definition) is 3. The molecule has 0 spiro atoms. The van der Waals surface area contributed by atoms with Gasteiger partial charge in [-0.05, 0) is 48.9 Å². The Bertz CT molecular complexity index is 867. The molecule has 122 valence electrons. The van der Waals surface area contributed by atoms with Gasteiger partial charge in [0.25, 0.3) is 0 Å². The van der Waals surface area contributed by atoms with Crippen LogP contribution in [0.15, 0.2) is 53.3 Å². The van der Waals surface area contributed by atoms with Crippen LogP contribution in [0.4, 0.5) is 28.7 Å². The normalized spacial score (nSPS) is 10.5. The number of aromatic nitrogens is 2. The Labute approximate surface area is 153 Å². The highest BCUT2D eigenvalue weighted by molar-refractivity contribution is 9.10. The molecule has 24 heavy (non-hydrogen) atoms. The van der Waals surface area contributed by atoms with Gasteiger partial charge in [-0.15, -0.1) is 0 Å². The first-order valence-electron chi connectivity index (χ1n) is 7.20. The molecule has 0 saturated carbocycles. The fraction of sp³-hybridized carbons (Fsp3) is 0.0588. The number of nitrogens with zero attached hydrogens (tertiary/aromatic N) is 2. The minimum Gasteiger partial charge on any atom is -0.393 e. The third-order valence-corrected chi connectivity index (χ3v) is 4.45. The molecule has 0 amide bonds. The van der Waals surface area contributed by atoms with E-state index in [9.17, 15) is 0 Å². The summed E-state index contributed by atoms with van der Waals surface area (Å²) in [5.41, 5.74) is 9.30. The van der Waals surface area contributed by atoms with Gasteiger partial charge >= 0.3 is 0 Å². The highest BCUT2D eigenvalue weighted by Gasteiger charge is 2.10. The molecule has 0 aliphatic rings. The van der Waals surface area contributed by atoms with Crippen LogP contribution < -0.4 is 16.4 Å². The molecule has 1 heterocycles. The Kier molecular flexibility index (Phi) is 4.87. The van der Waals surface area contributed by atoms with Crippen LogP contribution in [0.25, 0.3) is 0 Å². The van der Waals surface area contributed by atoms with Gasteiger partial charge < -0.3 is 16.4 Å². The summed E-state index contributed by atoms with van der Waals surface area (Å²) in [6.45, 7) is 1.93. The first kappa shape index (κ1) is 16.5. The number of rotatable bonds is 4. The van der Waals surface area contributed by atoms with E-state index in [-0.39, 0.29) is 0 Å². The molecule has 3 rings (SSSR count). The zero-order valence-electron chi connectivity index (χ0n) is 12.8. The van der Waals surface area contributed by atoms with Crippen LogP contribution in [0.1, 0.15) is 5.56 Å². The van der Waals surface area contributed by atoms with Gasteiger partial charge in [-0.1, -0.05) is 33.6 Å². The van der Waals surface area contributed by atoms with E-state index in [0.29, 0.717) is 22.3 Å². The van der Waals surface area contributed by atoms with Gasteiger partial charge in [0, 0.05) is 20.9 Å². The first-order valence-corrected chi connectivity index (χ1v) is 8.37. The van der Waals surface area contributed by atoms with E-state index in [4.69, 9.17) is 17.3 Å². The van der Waals surface area contributed by atoms with Gasteiger partial charge in [0.05, 0.1) is 0 Å². The second kappa shape index (κ2) is 7.07. The molecule has 1 aromatic heterocycles. The van der Waals surface area contributed by atoms with Crippen LogP contribution in [0, 0.1) is 6.92 Å². The summed E-state index contributed by atoms with van der Waals surface area (Å²) in [7, 11) is 0. The molecular formula is C17H15BrClN5. The van der Waals surface area contributed by atoms with Crippen molar-refractivity contribution >= 4 is 56.2 Å². The van der Waals surface area contributed by atoms with Crippen molar-refractivity contribution in [3.05, 3.63) is 63.9 Å². The summed E-state index contributed by atoms with van der Waals surface area (Å²) in [4.78, 5) is 8.44. The predicted molar refractivity (Wildman–Crippen MR) is 103 cm³/mol. The van der Waals surface area contributed by atoms with Gasteiger partial charge in [0.2, 0.25) is 0 Å². The smallest absolute Gasteiger partial charge is 0.159 e. The zero-order chi connectivity index (χ0) is 17.1. The molecule has 2 aromatic carbocycles. The van der Waals surface area contributed by atoms with Crippen LogP contribution in [-0.4, -0.2) is 9.97 Å². The van der Waals surface area contributed by atoms with Crippen molar-refractivity contribution in [3.63, 3.8) is 0 Å². The number of nitrogen functional groups attached to an aromatic ring is 1. The maximum atomic E-state index is 6.20. The number of nitrogens with one attached hydrogen (secondary N) is 2. The molecule has 7 heteroatoms. The number of anilines is 5. The molecule has 0 bridgehead atoms. The van der Waals surface area contributed by atoms with Gasteiger partial charge in [-0.3, -0.25) is 0 Å². The second-order valence-electron chi connectivity index (χ2n) is 5.15. The average molecular weight is 405 g/mol. The van der Waals surface area contributed by atoms with Crippen LogP contribution in [0.5, 0.6) is 0 Å². The summed E-state index contributed by atoms with van der Waals surface area (Å²) in [6, 6.07) is 13.4. The monoisotopic (exact) mass is 403 g/mol. The fourth-order valence-corrected chi connectivity index (χ4v) is 2.57. The van der Waals surface area contributed by atoms with Crippen molar-refractivity contribution in [3.8, 4) is 0 Å². The molecule has 0 aliphatic carbocycles. The van der Waals surface area contributed by atoms with E-state index in [1.54, 1.807) is 0 Å². The quantitative estimate of drug-likeness (QED) is 0.552. The minimum absolute atomic E-state index is 0.430. The number of halogens is 2. The summed E-state index contributed by atoms with van der Waals surface area (Å²) >= 11 is 9.56. The van der Waals surface area contributed by atoms with E-state index >= 15 is 0 Å². The molecule has 3 aromatic rings. The Morgan fingerprint density at radius 1 is 1.00 bits per heavy atom. The maximum absolute atomic E-state index is 6.20. The summed E-state index contributed by atoms with van der Waals surface area (Å²) in [6.07, 6.45) is 1.46. The molecule has 4 N–H and O–H groups in total. The van der Waals surface area contributed by atoms with Crippen LogP contribution in [-0.2, 0) is 0 Å². The zero-order valence-corrected chi connectivity index (χ0v) is 15.2. The number of benzene rings is 2. The molecule has 0 atom stereocenters. The fourth-order valence-electron chi connectivity index (χ4n) is 2.14. The highest BCUT2D eigenvalue weighted by atomic mass is 79.9. The maximum Gasteiger partial charge on any atom is 0.159 e. The van der Waals surface area contributed by atoms with Crippen LogP contribution in [0.2, 0.25) is 5.02 Å². The molecule has 0 aliphatic heterocycles. The molecule has 0 fully saturated rings. The summed E-state index contributed by atoms with van der Waals surface area (Å²) in [5, 5.41) is 7.08. The summed E-state index contributed by atoms with van der Waals surface area (Å²) < 4.78 is 1.00. The van der Waals surface area contributed by atoms with E-state index in [0.717, 1.165) is 21.4 Å². The standard InChI is InChI=1S/C17H15BrClN5/c1-10-13(19)3-2-4-14(10)24-17-15(20)16(21-9-22-17)23-12-7-5-11(18)6-8-12/h2-9H,20H2,1H3,(H2,21,22,23,24). The van der Waals surface area contributed by atoms with E-state index in [1.807, 2.05) is 49.4 Å². The Hall–Kier alpha value is -2.31. The van der Waals surface area contributed by atoms with Crippen LogP contribution >= 0.6 is 27.5 Å². The van der Waals surface area contributed by atoms with Crippen molar-refractivity contribution < 1.29 is 0 Å². The van der Waals surface area contributed by atoms with Crippen molar-refractivity contribution in [2.24, 2.45) is 0 Å². The van der Waals surface area contributed by atoms with Crippen molar-refractivity contribution in [2.45, 2.75) is 6.92 Å². The molecule has 0 radical (unpaired) electrons. The number of nitrogens with two attached hydrogens (primary N) is 1. The topological polar surface area (TPSA) is 75.9 Å². The molecular weight excluding hydrogens is 390 g/mol. The van der Waals surface area contributed by atoms with Crippen molar-refractivity contribution in [2.75, 3.05) is 16.4 Å². The average Bonchev–Trinajstić information content (AvgIpc) is 2.57. The summed E-state index contributed by atoms with van der Waals surface area (Å²) in [5.74, 6) is 1.06. The number of hydrogen-bond acceptors (Lipinski definition) is 5. The van der Waals surface area contributed by atoms with Crippen molar-refractivity contribution in [1.82, 2.24) is 9.97 Å². The third-order valence-electron chi connectivity index (χ3n) is 3.51. The minimum atomic E-state index is 0.430. The van der Waals surface area contributed by atoms with Gasteiger partial charge in [0.15, 0.2) is 11.6 Å². The van der Waals surface area contributed by atoms with E-state index in [1.165, 1.54) is 6.33 Å². The predicted octanol–water partition coefficient (Wildman–Crippen LogP) is 5.27. The molecule has 0 saturated heterocycles. The lowest BCUT2D eigenvalue weighted by Crippen LogP contribution is -2.05. The van der Waals surface area contributed by atoms with Gasteiger partial charge in [-0.2, -0.15) is 0 Å². The lowest BCUT2D eigenvalue weighted by molar-refractivity contribution is 1.17. The lowest BCUT2D eigenvalue weighted by atomic mass is 10.2. The van der Waals surface area contributed by atoms with Gasteiger partial charge in [-0.25, -0.2) is 9.97 Å². The van der Waals surface area contributed by atoms with Crippen LogP contribution in [0.3, 0.4) is 0 Å². The van der Waals surface area contributed by atoms with E-state index < -0.39 is 0 Å². The highest BCUT2D eigenvalue weighted by Crippen LogP contribution is 2.31. The Morgan fingerprint density at radius 2 is 1.67 bits per heavy atom. The van der Waals surface area contributed by atoms with Crippen molar-refractivity contribution in [1.29, 1.82) is 0 Å². The molecule has 0 unspecified atom stereocenters. The largest absolute Gasteiger partial charge is 0.393 e. The van der Waals surface area contributed by atoms with E-state index in [2.05, 4.69) is 36.5 Å². The van der Waals surface area contributed by atoms with Gasteiger partial charge in [0.1, 0.15) is 12.0 Å². The Balaban J connectivity index is 1.88.